The normalized spacial score (nSPS) is 19.4. The summed E-state index contributed by atoms with van der Waals surface area (Å²) in [5.41, 5.74) is 0. The fourth-order valence-electron chi connectivity index (χ4n) is 1.42. The van der Waals surface area contributed by atoms with E-state index >= 15 is 0 Å². The minimum Gasteiger partial charge on any atom is -0.300 e. The summed E-state index contributed by atoms with van der Waals surface area (Å²) in [6.07, 6.45) is -2.22. The molecule has 1 atom stereocenters. The molecule has 4 nitrogen and oxygen atoms in total. The highest BCUT2D eigenvalue weighted by Gasteiger charge is 2.36. The first-order chi connectivity index (χ1) is 9.27. The first kappa shape index (κ1) is 14.9. The SMILES string of the molecule is O=C(Nc1nnc(C(F)(F)F)s1)C1C=C(Cl)C(F)=CC1. The number of allylic oxidation sites excluding steroid dienone is 3. The smallest absolute Gasteiger partial charge is 0.300 e. The van der Waals surface area contributed by atoms with Crippen LogP contribution in [0.15, 0.2) is 23.0 Å². The summed E-state index contributed by atoms with van der Waals surface area (Å²) >= 11 is 5.75. The summed E-state index contributed by atoms with van der Waals surface area (Å²) in [6.45, 7) is 0. The third-order valence-corrected chi connectivity index (χ3v) is 3.55. The molecule has 0 spiro atoms. The number of carbonyl (C=O) groups is 1. The lowest BCUT2D eigenvalue weighted by Gasteiger charge is -2.13. The number of alkyl halides is 3. The predicted molar refractivity (Wildman–Crippen MR) is 64.8 cm³/mol. The zero-order chi connectivity index (χ0) is 14.9. The Morgan fingerprint density at radius 3 is 2.70 bits per heavy atom. The van der Waals surface area contributed by atoms with Crippen molar-refractivity contribution in [2.75, 3.05) is 5.32 Å². The summed E-state index contributed by atoms with van der Waals surface area (Å²) < 4.78 is 49.9. The van der Waals surface area contributed by atoms with E-state index in [9.17, 15) is 22.4 Å². The topological polar surface area (TPSA) is 54.9 Å². The van der Waals surface area contributed by atoms with E-state index in [4.69, 9.17) is 11.6 Å². The van der Waals surface area contributed by atoms with E-state index < -0.39 is 28.8 Å². The Morgan fingerprint density at radius 1 is 1.45 bits per heavy atom. The molecule has 1 heterocycles. The summed E-state index contributed by atoms with van der Waals surface area (Å²) in [5.74, 6) is -2.02. The lowest BCUT2D eigenvalue weighted by Crippen LogP contribution is -2.22. The van der Waals surface area contributed by atoms with Gasteiger partial charge in [0.25, 0.3) is 0 Å². The average Bonchev–Trinajstić information content (AvgIpc) is 2.81. The maximum Gasteiger partial charge on any atom is 0.445 e. The van der Waals surface area contributed by atoms with E-state index in [2.05, 4.69) is 15.5 Å². The Hall–Kier alpha value is -1.48. The van der Waals surface area contributed by atoms with E-state index in [0.717, 1.165) is 6.08 Å². The second-order valence-electron chi connectivity index (χ2n) is 3.81. The number of nitrogens with zero attached hydrogens (tertiary/aromatic N) is 2. The molecular formula is C10H6ClF4N3OS. The van der Waals surface area contributed by atoms with Crippen molar-refractivity contribution < 1.29 is 22.4 Å². The van der Waals surface area contributed by atoms with Gasteiger partial charge in [-0.3, -0.25) is 10.1 Å². The van der Waals surface area contributed by atoms with Gasteiger partial charge in [0, 0.05) is 0 Å². The number of hydrogen-bond donors (Lipinski definition) is 1. The van der Waals surface area contributed by atoms with Crippen LogP contribution >= 0.6 is 22.9 Å². The Labute approximate surface area is 119 Å². The molecule has 1 aliphatic carbocycles. The molecular weight excluding hydrogens is 322 g/mol. The Bertz CT molecular complexity index is 596. The standard InChI is InChI=1S/C10H6ClF4N3OS/c11-5-3-4(1-2-6(5)12)7(19)16-9-18-17-8(20-9)10(13,14)15/h2-4H,1H2,(H,16,18,19). The number of anilines is 1. The molecule has 0 saturated carbocycles. The van der Waals surface area contributed by atoms with Gasteiger partial charge >= 0.3 is 6.18 Å². The number of carbonyl (C=O) groups excluding carboxylic acids is 1. The molecule has 1 aromatic rings. The molecule has 1 aliphatic rings. The molecule has 0 radical (unpaired) electrons. The quantitative estimate of drug-likeness (QED) is 0.846. The highest BCUT2D eigenvalue weighted by molar-refractivity contribution is 7.15. The summed E-state index contributed by atoms with van der Waals surface area (Å²) in [4.78, 5) is 11.8. The Morgan fingerprint density at radius 2 is 2.15 bits per heavy atom. The molecule has 108 valence electrons. The monoisotopic (exact) mass is 327 g/mol. The van der Waals surface area contributed by atoms with Crippen molar-refractivity contribution in [1.29, 1.82) is 0 Å². The van der Waals surface area contributed by atoms with Crippen molar-refractivity contribution >= 4 is 34.0 Å². The third-order valence-electron chi connectivity index (χ3n) is 2.36. The van der Waals surface area contributed by atoms with Crippen LogP contribution in [-0.4, -0.2) is 16.1 Å². The van der Waals surface area contributed by atoms with Gasteiger partial charge in [0.2, 0.25) is 16.0 Å². The second kappa shape index (κ2) is 5.49. The Kier molecular flexibility index (Phi) is 4.09. The molecule has 1 aromatic heterocycles. The van der Waals surface area contributed by atoms with Crippen molar-refractivity contribution in [2.24, 2.45) is 5.92 Å². The number of nitrogens with one attached hydrogen (secondary N) is 1. The fraction of sp³-hybridized carbons (Fsp3) is 0.300. The molecule has 20 heavy (non-hydrogen) atoms. The molecule has 0 bridgehead atoms. The van der Waals surface area contributed by atoms with Gasteiger partial charge in [-0.25, -0.2) is 4.39 Å². The van der Waals surface area contributed by atoms with Crippen molar-refractivity contribution in [3.63, 3.8) is 0 Å². The summed E-state index contributed by atoms with van der Waals surface area (Å²) in [7, 11) is 0. The number of hydrogen-bond acceptors (Lipinski definition) is 4. The molecule has 0 aromatic carbocycles. The first-order valence-electron chi connectivity index (χ1n) is 5.22. The van der Waals surface area contributed by atoms with Crippen LogP contribution < -0.4 is 5.32 Å². The van der Waals surface area contributed by atoms with Crippen molar-refractivity contribution in [1.82, 2.24) is 10.2 Å². The summed E-state index contributed by atoms with van der Waals surface area (Å²) in [5, 5.41) is 6.71. The lowest BCUT2D eigenvalue weighted by atomic mass is 9.99. The van der Waals surface area contributed by atoms with Gasteiger partial charge in [0.05, 0.1) is 11.0 Å². The van der Waals surface area contributed by atoms with Crippen LogP contribution in [0, 0.1) is 5.92 Å². The maximum absolute atomic E-state index is 13.0. The highest BCUT2D eigenvalue weighted by atomic mass is 35.5. The molecule has 0 fully saturated rings. The van der Waals surface area contributed by atoms with Gasteiger partial charge in [0.1, 0.15) is 5.83 Å². The molecule has 0 aliphatic heterocycles. The van der Waals surface area contributed by atoms with Gasteiger partial charge < -0.3 is 0 Å². The van der Waals surface area contributed by atoms with E-state index in [0.29, 0.717) is 0 Å². The van der Waals surface area contributed by atoms with Crippen LogP contribution in [0.1, 0.15) is 11.4 Å². The zero-order valence-electron chi connectivity index (χ0n) is 9.54. The molecule has 1 amide bonds. The fourth-order valence-corrected chi connectivity index (χ4v) is 2.26. The second-order valence-corrected chi connectivity index (χ2v) is 5.19. The van der Waals surface area contributed by atoms with Crippen molar-refractivity contribution in [2.45, 2.75) is 12.6 Å². The minimum absolute atomic E-state index is 0.0683. The van der Waals surface area contributed by atoms with Gasteiger partial charge in [-0.15, -0.1) is 10.2 Å². The minimum atomic E-state index is -4.61. The number of amides is 1. The van der Waals surface area contributed by atoms with Gasteiger partial charge in [-0.05, 0) is 12.5 Å². The first-order valence-corrected chi connectivity index (χ1v) is 6.41. The molecule has 0 saturated heterocycles. The van der Waals surface area contributed by atoms with Crippen LogP contribution in [0.4, 0.5) is 22.7 Å². The van der Waals surface area contributed by atoms with E-state index in [1.807, 2.05) is 0 Å². The summed E-state index contributed by atoms with van der Waals surface area (Å²) in [6, 6.07) is 0. The van der Waals surface area contributed by atoms with Crippen LogP contribution in [0.2, 0.25) is 0 Å². The zero-order valence-corrected chi connectivity index (χ0v) is 11.1. The molecule has 10 heteroatoms. The number of rotatable bonds is 2. The van der Waals surface area contributed by atoms with Gasteiger partial charge in [-0.2, -0.15) is 13.2 Å². The molecule has 2 rings (SSSR count). The van der Waals surface area contributed by atoms with Crippen molar-refractivity contribution in [3.8, 4) is 0 Å². The van der Waals surface area contributed by atoms with E-state index in [1.54, 1.807) is 0 Å². The number of aromatic nitrogens is 2. The molecule has 1 N–H and O–H groups in total. The van der Waals surface area contributed by atoms with Crippen LogP contribution in [-0.2, 0) is 11.0 Å². The van der Waals surface area contributed by atoms with E-state index in [-0.39, 0.29) is 27.9 Å². The average molecular weight is 328 g/mol. The highest BCUT2D eigenvalue weighted by Crippen LogP contribution is 2.33. The molecule has 1 unspecified atom stereocenters. The number of halogens is 5. The van der Waals surface area contributed by atoms with E-state index in [1.165, 1.54) is 6.08 Å². The Balaban J connectivity index is 2.04. The maximum atomic E-state index is 13.0. The van der Waals surface area contributed by atoms with Gasteiger partial charge in [0.15, 0.2) is 0 Å². The predicted octanol–water partition coefficient (Wildman–Crippen LogP) is 3.49. The lowest BCUT2D eigenvalue weighted by molar-refractivity contribution is -0.138. The van der Waals surface area contributed by atoms with Crippen LogP contribution in [0.25, 0.3) is 0 Å². The van der Waals surface area contributed by atoms with Crippen molar-refractivity contribution in [3.05, 3.63) is 28.0 Å². The van der Waals surface area contributed by atoms with Gasteiger partial charge in [-0.1, -0.05) is 29.0 Å². The van der Waals surface area contributed by atoms with Crippen LogP contribution in [0.3, 0.4) is 0 Å². The largest absolute Gasteiger partial charge is 0.445 e. The third kappa shape index (κ3) is 3.34. The van der Waals surface area contributed by atoms with Crippen LogP contribution in [0.5, 0.6) is 0 Å².